The van der Waals surface area contributed by atoms with E-state index in [1.807, 2.05) is 0 Å². The van der Waals surface area contributed by atoms with E-state index >= 15 is 0 Å². The molecule has 1 aromatic heterocycles. The molecule has 7 nitrogen and oxygen atoms in total. The molecule has 2 N–H and O–H groups in total. The van der Waals surface area contributed by atoms with Gasteiger partial charge in [0.15, 0.2) is 11.8 Å². The summed E-state index contributed by atoms with van der Waals surface area (Å²) < 4.78 is 7.86. The van der Waals surface area contributed by atoms with Crippen molar-refractivity contribution >= 4 is 29.9 Å². The molecular weight excluding hydrogens is 419 g/mol. The number of hydrogen-bond donors (Lipinski definition) is 2. The number of rotatable bonds is 8. The Bertz CT molecular complexity index is 529. The van der Waals surface area contributed by atoms with E-state index in [1.165, 1.54) is 25.7 Å². The van der Waals surface area contributed by atoms with Crippen LogP contribution in [0.1, 0.15) is 43.8 Å². The number of guanidine groups is 1. The molecule has 2 aliphatic rings. The third-order valence-corrected chi connectivity index (χ3v) is 4.38. The van der Waals surface area contributed by atoms with E-state index in [1.54, 1.807) is 7.05 Å². The molecule has 2 heterocycles. The molecule has 8 heteroatoms. The van der Waals surface area contributed by atoms with Gasteiger partial charge in [0.25, 0.3) is 0 Å². The van der Waals surface area contributed by atoms with Gasteiger partial charge in [-0.1, -0.05) is 0 Å². The number of nitrogens with one attached hydrogen (secondary N) is 2. The zero-order chi connectivity index (χ0) is 15.9. The zero-order valence-corrected chi connectivity index (χ0v) is 16.8. The Morgan fingerprint density at radius 2 is 2.17 bits per heavy atom. The minimum absolute atomic E-state index is 0. The predicted molar refractivity (Wildman–Crippen MR) is 105 cm³/mol. The van der Waals surface area contributed by atoms with E-state index in [0.29, 0.717) is 6.54 Å². The Hall–Kier alpha value is -0.900. The Morgan fingerprint density at radius 3 is 2.96 bits per heavy atom. The quantitative estimate of drug-likeness (QED) is 0.274. The van der Waals surface area contributed by atoms with Gasteiger partial charge in [0.1, 0.15) is 5.82 Å². The molecule has 1 saturated carbocycles. The summed E-state index contributed by atoms with van der Waals surface area (Å²) in [6.07, 6.45) is 7.17. The van der Waals surface area contributed by atoms with Crippen molar-refractivity contribution in [2.75, 3.05) is 26.8 Å². The number of aryl methyl sites for hydroxylation is 1. The first-order valence-electron chi connectivity index (χ1n) is 8.80. The highest BCUT2D eigenvalue weighted by Gasteiger charge is 2.20. The fourth-order valence-electron chi connectivity index (χ4n) is 2.80. The summed E-state index contributed by atoms with van der Waals surface area (Å²) in [7, 11) is 1.79. The molecule has 1 aromatic rings. The van der Waals surface area contributed by atoms with Crippen molar-refractivity contribution in [3.8, 4) is 0 Å². The van der Waals surface area contributed by atoms with E-state index in [9.17, 15) is 0 Å². The summed E-state index contributed by atoms with van der Waals surface area (Å²) in [6.45, 7) is 4.31. The molecule has 0 saturated heterocycles. The normalized spacial score (nSPS) is 17.1. The van der Waals surface area contributed by atoms with Gasteiger partial charge in [0, 0.05) is 39.8 Å². The Labute approximate surface area is 161 Å². The maximum Gasteiger partial charge on any atom is 0.191 e. The van der Waals surface area contributed by atoms with Gasteiger partial charge in [-0.15, -0.1) is 34.2 Å². The van der Waals surface area contributed by atoms with E-state index in [-0.39, 0.29) is 24.0 Å². The van der Waals surface area contributed by atoms with Crippen LogP contribution >= 0.6 is 24.0 Å². The lowest BCUT2D eigenvalue weighted by Gasteiger charge is -2.16. The molecule has 24 heavy (non-hydrogen) atoms. The van der Waals surface area contributed by atoms with Gasteiger partial charge in [-0.05, 0) is 38.0 Å². The second kappa shape index (κ2) is 10.2. The van der Waals surface area contributed by atoms with Gasteiger partial charge in [-0.3, -0.25) is 4.99 Å². The van der Waals surface area contributed by atoms with Crippen LogP contribution in [0.3, 0.4) is 0 Å². The molecule has 1 aliphatic carbocycles. The van der Waals surface area contributed by atoms with Gasteiger partial charge in [-0.2, -0.15) is 0 Å². The highest BCUT2D eigenvalue weighted by Crippen LogP contribution is 2.28. The number of fused-ring (bicyclic) bond motifs is 1. The standard InChI is InChI=1S/C16H28N6O.HI/c1-17-16(18-8-4-10-23-12-13-6-7-13)19-11-15-21-20-14-5-2-3-9-22(14)15;/h13H,2-12H2,1H3,(H2,17,18,19);1H. The number of hydrogen-bond acceptors (Lipinski definition) is 4. The van der Waals surface area contributed by atoms with Crippen molar-refractivity contribution in [2.45, 2.75) is 51.6 Å². The third-order valence-electron chi connectivity index (χ3n) is 4.38. The van der Waals surface area contributed by atoms with Crippen LogP contribution in [0.5, 0.6) is 0 Å². The maximum absolute atomic E-state index is 5.63. The SMILES string of the molecule is CN=C(NCCCOCC1CC1)NCc1nnc2n1CCCC2.I. The van der Waals surface area contributed by atoms with Gasteiger partial charge in [0.2, 0.25) is 0 Å². The topological polar surface area (TPSA) is 76.4 Å². The van der Waals surface area contributed by atoms with Crippen LogP contribution in [0.25, 0.3) is 0 Å². The average Bonchev–Trinajstić information content (AvgIpc) is 3.32. The molecule has 136 valence electrons. The molecule has 0 spiro atoms. The minimum atomic E-state index is 0. The minimum Gasteiger partial charge on any atom is -0.381 e. The van der Waals surface area contributed by atoms with Crippen molar-refractivity contribution in [3.05, 3.63) is 11.6 Å². The van der Waals surface area contributed by atoms with E-state index in [0.717, 1.165) is 62.7 Å². The Kier molecular flexibility index (Phi) is 8.23. The fourth-order valence-corrected chi connectivity index (χ4v) is 2.80. The van der Waals surface area contributed by atoms with Crippen LogP contribution in [0, 0.1) is 5.92 Å². The van der Waals surface area contributed by atoms with Crippen LogP contribution in [0.15, 0.2) is 4.99 Å². The van der Waals surface area contributed by atoms with E-state index < -0.39 is 0 Å². The summed E-state index contributed by atoms with van der Waals surface area (Å²) in [5.41, 5.74) is 0. The first kappa shape index (κ1) is 19.4. The molecule has 3 rings (SSSR count). The Balaban J connectivity index is 0.00000208. The fraction of sp³-hybridized carbons (Fsp3) is 0.812. The van der Waals surface area contributed by atoms with E-state index in [4.69, 9.17) is 4.74 Å². The van der Waals surface area contributed by atoms with Gasteiger partial charge in [0.05, 0.1) is 6.54 Å². The van der Waals surface area contributed by atoms with Crippen molar-refractivity contribution in [1.29, 1.82) is 0 Å². The van der Waals surface area contributed by atoms with Crippen molar-refractivity contribution in [1.82, 2.24) is 25.4 Å². The lowest BCUT2D eigenvalue weighted by Crippen LogP contribution is -2.38. The predicted octanol–water partition coefficient (Wildman–Crippen LogP) is 1.71. The van der Waals surface area contributed by atoms with Crippen LogP contribution < -0.4 is 10.6 Å². The average molecular weight is 448 g/mol. The van der Waals surface area contributed by atoms with Crippen LogP contribution in [0.4, 0.5) is 0 Å². The molecule has 0 unspecified atom stereocenters. The number of halogens is 1. The third kappa shape index (κ3) is 5.87. The molecule has 1 fully saturated rings. The molecule has 0 aromatic carbocycles. The highest BCUT2D eigenvalue weighted by atomic mass is 127. The van der Waals surface area contributed by atoms with Crippen LogP contribution in [-0.2, 0) is 24.2 Å². The Morgan fingerprint density at radius 1 is 1.29 bits per heavy atom. The van der Waals surface area contributed by atoms with Crippen molar-refractivity contribution in [2.24, 2.45) is 10.9 Å². The first-order valence-corrected chi connectivity index (χ1v) is 8.80. The lowest BCUT2D eigenvalue weighted by molar-refractivity contribution is 0.123. The zero-order valence-electron chi connectivity index (χ0n) is 14.5. The summed E-state index contributed by atoms with van der Waals surface area (Å²) >= 11 is 0. The van der Waals surface area contributed by atoms with Gasteiger partial charge < -0.3 is 19.9 Å². The van der Waals surface area contributed by atoms with E-state index in [2.05, 4.69) is 30.4 Å². The highest BCUT2D eigenvalue weighted by molar-refractivity contribution is 14.0. The largest absolute Gasteiger partial charge is 0.381 e. The molecule has 0 amide bonds. The molecule has 0 radical (unpaired) electrons. The summed E-state index contributed by atoms with van der Waals surface area (Å²) in [5.74, 6) is 3.76. The smallest absolute Gasteiger partial charge is 0.191 e. The number of aliphatic imine (C=N–C) groups is 1. The first-order chi connectivity index (χ1) is 11.4. The number of aromatic nitrogens is 3. The summed E-state index contributed by atoms with van der Waals surface area (Å²) in [6, 6.07) is 0. The number of nitrogens with zero attached hydrogens (tertiary/aromatic N) is 4. The second-order valence-electron chi connectivity index (χ2n) is 6.37. The molecule has 0 atom stereocenters. The monoisotopic (exact) mass is 448 g/mol. The summed E-state index contributed by atoms with van der Waals surface area (Å²) in [4.78, 5) is 4.25. The van der Waals surface area contributed by atoms with Crippen LogP contribution in [0.2, 0.25) is 0 Å². The van der Waals surface area contributed by atoms with Gasteiger partial charge in [-0.25, -0.2) is 0 Å². The molecule has 0 bridgehead atoms. The summed E-state index contributed by atoms with van der Waals surface area (Å²) in [5, 5.41) is 15.2. The maximum atomic E-state index is 5.63. The second-order valence-corrected chi connectivity index (χ2v) is 6.37. The van der Waals surface area contributed by atoms with Crippen molar-refractivity contribution in [3.63, 3.8) is 0 Å². The molecule has 1 aliphatic heterocycles. The lowest BCUT2D eigenvalue weighted by atomic mass is 10.2. The van der Waals surface area contributed by atoms with Crippen molar-refractivity contribution < 1.29 is 4.74 Å². The van der Waals surface area contributed by atoms with Crippen LogP contribution in [-0.4, -0.2) is 47.5 Å². The number of ether oxygens (including phenoxy) is 1. The molecular formula is C16H29IN6O. The van der Waals surface area contributed by atoms with Gasteiger partial charge >= 0.3 is 0 Å².